The summed E-state index contributed by atoms with van der Waals surface area (Å²) in [5, 5.41) is 15.7. The Morgan fingerprint density at radius 3 is 1.37 bits per heavy atom. The molecule has 0 saturated heterocycles. The summed E-state index contributed by atoms with van der Waals surface area (Å²) in [6, 6.07) is 87.6. The van der Waals surface area contributed by atoms with E-state index in [1.165, 1.54) is 43.8 Å². The van der Waals surface area contributed by atoms with Crippen LogP contribution in [0.5, 0.6) is 0 Å². The highest BCUT2D eigenvalue weighted by atomic mass is 15.0. The maximum absolute atomic E-state index is 10.7. The van der Waals surface area contributed by atoms with Crippen molar-refractivity contribution in [3.63, 3.8) is 0 Å². The van der Waals surface area contributed by atoms with Crippen LogP contribution in [-0.2, 0) is 0 Å². The van der Waals surface area contributed by atoms with Crippen molar-refractivity contribution >= 4 is 21.5 Å². The van der Waals surface area contributed by atoms with Crippen LogP contribution in [0.25, 0.3) is 134 Å². The monoisotopic (exact) mass is 888 g/mol. The minimum Gasteiger partial charge on any atom is -0.208 e. The lowest BCUT2D eigenvalue weighted by Gasteiger charge is -2.14. The van der Waals surface area contributed by atoms with Crippen LogP contribution in [-0.4, -0.2) is 15.0 Å². The molecular weight excluding hydrogens is 849 g/mol. The van der Waals surface area contributed by atoms with Gasteiger partial charge in [0.25, 0.3) is 0 Å². The van der Waals surface area contributed by atoms with Crippen LogP contribution in [0, 0.1) is 11.3 Å². The fourth-order valence-electron chi connectivity index (χ4n) is 10.3. The zero-order valence-corrected chi connectivity index (χ0v) is 37.9. The molecule has 0 spiro atoms. The normalized spacial score (nSPS) is 11.4. The minimum absolute atomic E-state index is 0.583. The van der Waals surface area contributed by atoms with Crippen LogP contribution >= 0.6 is 0 Å². The van der Waals surface area contributed by atoms with Gasteiger partial charge >= 0.3 is 0 Å². The van der Waals surface area contributed by atoms with Gasteiger partial charge in [-0.15, -0.1) is 0 Å². The van der Waals surface area contributed by atoms with Gasteiger partial charge in [-0.1, -0.05) is 206 Å². The molecule has 0 atom stereocenters. The number of hydrogen-bond acceptors (Lipinski definition) is 4. The maximum atomic E-state index is 10.7. The molecule has 1 aliphatic carbocycles. The van der Waals surface area contributed by atoms with Gasteiger partial charge in [0.15, 0.2) is 17.5 Å². The van der Waals surface area contributed by atoms with Gasteiger partial charge in [-0.3, -0.25) is 0 Å². The van der Waals surface area contributed by atoms with E-state index in [0.29, 0.717) is 23.0 Å². The second kappa shape index (κ2) is 16.9. The number of nitrogens with zero attached hydrogens (tertiary/aromatic N) is 4. The molecular formula is C66H40N4. The largest absolute Gasteiger partial charge is 0.208 e. The first-order chi connectivity index (χ1) is 34.6. The summed E-state index contributed by atoms with van der Waals surface area (Å²) < 4.78 is 0. The Kier molecular flexibility index (Phi) is 9.85. The first kappa shape index (κ1) is 40.7. The number of aromatic nitrogens is 3. The number of benzene rings is 11. The fraction of sp³-hybridized carbons (Fsp3) is 0. The van der Waals surface area contributed by atoms with Gasteiger partial charge in [-0.2, -0.15) is 5.26 Å². The van der Waals surface area contributed by atoms with Gasteiger partial charge in [-0.25, -0.2) is 15.0 Å². The molecule has 0 radical (unpaired) electrons. The number of hydrogen-bond donors (Lipinski definition) is 0. The molecule has 13 rings (SSSR count). The lowest BCUT2D eigenvalue weighted by molar-refractivity contribution is 1.07. The molecule has 11 aromatic carbocycles. The number of rotatable bonds is 8. The number of nitriles is 1. The summed E-state index contributed by atoms with van der Waals surface area (Å²) in [6.45, 7) is 0. The van der Waals surface area contributed by atoms with Gasteiger partial charge in [0.1, 0.15) is 0 Å². The van der Waals surface area contributed by atoms with Gasteiger partial charge in [-0.05, 0) is 136 Å². The molecule has 0 amide bonds. The Bertz CT molecular complexity index is 4080. The maximum Gasteiger partial charge on any atom is 0.164 e. The smallest absolute Gasteiger partial charge is 0.164 e. The third-order valence-corrected chi connectivity index (χ3v) is 13.7. The molecule has 0 fully saturated rings. The number of fused-ring (bicyclic) bond motifs is 4. The summed E-state index contributed by atoms with van der Waals surface area (Å²) in [6.07, 6.45) is 0. The zero-order valence-electron chi connectivity index (χ0n) is 37.9. The third kappa shape index (κ3) is 7.22. The van der Waals surface area contributed by atoms with Gasteiger partial charge in [0, 0.05) is 16.7 Å². The van der Waals surface area contributed by atoms with E-state index in [2.05, 4.69) is 212 Å². The summed E-state index contributed by atoms with van der Waals surface area (Å²) >= 11 is 0. The predicted molar refractivity (Wildman–Crippen MR) is 287 cm³/mol. The molecule has 0 unspecified atom stereocenters. The third-order valence-electron chi connectivity index (χ3n) is 13.7. The van der Waals surface area contributed by atoms with Crippen molar-refractivity contribution in [2.24, 2.45) is 0 Å². The lowest BCUT2D eigenvalue weighted by Crippen LogP contribution is -2.00. The Morgan fingerprint density at radius 1 is 0.243 bits per heavy atom. The van der Waals surface area contributed by atoms with E-state index in [4.69, 9.17) is 15.0 Å². The Hall–Kier alpha value is -9.56. The average molecular weight is 889 g/mol. The minimum atomic E-state index is 0.583. The van der Waals surface area contributed by atoms with E-state index in [0.717, 1.165) is 72.3 Å². The van der Waals surface area contributed by atoms with Crippen molar-refractivity contribution in [1.82, 2.24) is 15.0 Å². The predicted octanol–water partition coefficient (Wildman–Crippen LogP) is 17.0. The molecule has 0 bridgehead atoms. The van der Waals surface area contributed by atoms with Crippen molar-refractivity contribution < 1.29 is 0 Å². The molecule has 70 heavy (non-hydrogen) atoms. The van der Waals surface area contributed by atoms with Gasteiger partial charge < -0.3 is 0 Å². The molecule has 12 aromatic rings. The Labute approximate surface area is 406 Å². The van der Waals surface area contributed by atoms with Crippen LogP contribution in [0.3, 0.4) is 0 Å². The van der Waals surface area contributed by atoms with E-state index in [1.807, 2.05) is 36.4 Å². The molecule has 0 N–H and O–H groups in total. The first-order valence-corrected chi connectivity index (χ1v) is 23.5. The molecule has 1 aromatic heterocycles. The van der Waals surface area contributed by atoms with Crippen molar-refractivity contribution in [1.29, 1.82) is 5.26 Å². The lowest BCUT2D eigenvalue weighted by atomic mass is 9.90. The van der Waals surface area contributed by atoms with Gasteiger partial charge in [0.2, 0.25) is 0 Å². The van der Waals surface area contributed by atoms with Crippen LogP contribution in [0.2, 0.25) is 0 Å². The summed E-state index contributed by atoms with van der Waals surface area (Å²) in [7, 11) is 0. The molecule has 0 aliphatic heterocycles. The van der Waals surface area contributed by atoms with E-state index >= 15 is 0 Å². The summed E-state index contributed by atoms with van der Waals surface area (Å²) in [5.41, 5.74) is 18.8. The topological polar surface area (TPSA) is 62.5 Å². The average Bonchev–Trinajstić information content (AvgIpc) is 3.76. The van der Waals surface area contributed by atoms with Gasteiger partial charge in [0.05, 0.1) is 11.6 Å². The highest BCUT2D eigenvalue weighted by Crippen LogP contribution is 2.48. The Balaban J connectivity index is 0.840. The SMILES string of the molecule is N#Cc1cc(-c2ccccc2-c2cccc(-c3nc(-c4ccccc4)nc(-c4cccc(-c5ccc6ccccc6c5)c4)n3)c2)ccc1-c1cccc(-c2ccc3c(c2)-c2cccc4cccc-3c24)c1. The standard InChI is InChI=1S/C66H40N4/c67-41-55-39-52(32-33-56(55)50-21-8-19-46(36-50)49-31-34-59-60-27-11-17-43-18-12-28-61(63(43)60)62(59)40-49)58-26-7-6-25-57(58)51-22-10-24-54(38-51)66-69-64(44-14-2-1-3-15-44)68-65(70-66)53-23-9-20-47(37-53)48-30-29-42-13-4-5-16-45(42)35-48/h1-40H. The van der Waals surface area contributed by atoms with Crippen molar-refractivity contribution in [3.8, 4) is 118 Å². The quantitative estimate of drug-likeness (QED) is 0.152. The molecule has 0 saturated carbocycles. The van der Waals surface area contributed by atoms with Crippen LogP contribution in [0.4, 0.5) is 0 Å². The zero-order chi connectivity index (χ0) is 46.5. The van der Waals surface area contributed by atoms with E-state index < -0.39 is 0 Å². The molecule has 1 heterocycles. The second-order valence-corrected chi connectivity index (χ2v) is 17.9. The Morgan fingerprint density at radius 2 is 0.671 bits per heavy atom. The molecule has 4 heteroatoms. The van der Waals surface area contributed by atoms with Crippen molar-refractivity contribution in [2.45, 2.75) is 0 Å². The van der Waals surface area contributed by atoms with E-state index in [-0.39, 0.29) is 0 Å². The molecule has 4 nitrogen and oxygen atoms in total. The van der Waals surface area contributed by atoms with Crippen molar-refractivity contribution in [2.75, 3.05) is 0 Å². The highest BCUT2D eigenvalue weighted by molar-refractivity contribution is 6.15. The molecule has 1 aliphatic rings. The second-order valence-electron chi connectivity index (χ2n) is 17.9. The summed E-state index contributed by atoms with van der Waals surface area (Å²) in [5.74, 6) is 1.79. The van der Waals surface area contributed by atoms with Crippen LogP contribution < -0.4 is 0 Å². The van der Waals surface area contributed by atoms with E-state index in [9.17, 15) is 5.26 Å². The highest BCUT2D eigenvalue weighted by Gasteiger charge is 2.22. The van der Waals surface area contributed by atoms with Crippen molar-refractivity contribution in [3.05, 3.63) is 248 Å². The van der Waals surface area contributed by atoms with Crippen LogP contribution in [0.15, 0.2) is 243 Å². The van der Waals surface area contributed by atoms with Crippen LogP contribution in [0.1, 0.15) is 5.56 Å². The van der Waals surface area contributed by atoms with E-state index in [1.54, 1.807) is 0 Å². The fourth-order valence-corrected chi connectivity index (χ4v) is 10.3. The summed E-state index contributed by atoms with van der Waals surface area (Å²) in [4.78, 5) is 15.3. The molecule has 324 valence electrons. The first-order valence-electron chi connectivity index (χ1n) is 23.5.